The van der Waals surface area contributed by atoms with Crippen molar-refractivity contribution in [1.82, 2.24) is 5.16 Å². The molecule has 0 fully saturated rings. The van der Waals surface area contributed by atoms with Crippen LogP contribution in [0.25, 0.3) is 0 Å². The van der Waals surface area contributed by atoms with Crippen LogP contribution in [0.2, 0.25) is 0 Å². The topological polar surface area (TPSA) is 84.7 Å². The monoisotopic (exact) mass is 495 g/mol. The number of benzene rings is 3. The molecular formula is C30H29N3O4. The van der Waals surface area contributed by atoms with E-state index >= 15 is 0 Å². The van der Waals surface area contributed by atoms with Gasteiger partial charge in [0.25, 0.3) is 5.91 Å². The first-order valence-corrected chi connectivity index (χ1v) is 12.3. The van der Waals surface area contributed by atoms with E-state index < -0.39 is 6.10 Å². The zero-order valence-electron chi connectivity index (χ0n) is 21.1. The molecule has 1 aliphatic heterocycles. The minimum absolute atomic E-state index is 0.0816. The molecule has 0 bridgehead atoms. The Bertz CT molecular complexity index is 1360. The molecule has 1 aromatic heterocycles. The van der Waals surface area contributed by atoms with Gasteiger partial charge in [-0.3, -0.25) is 9.59 Å². The van der Waals surface area contributed by atoms with Crippen molar-refractivity contribution in [3.05, 3.63) is 107 Å². The molecule has 0 radical (unpaired) electrons. The number of amides is 2. The Morgan fingerprint density at radius 1 is 1.00 bits per heavy atom. The second kappa shape index (κ2) is 10.3. The number of carbonyl (C=O) groups excluding carboxylic acids is 2. The summed E-state index contributed by atoms with van der Waals surface area (Å²) in [7, 11) is 0. The van der Waals surface area contributed by atoms with Gasteiger partial charge in [-0.25, -0.2) is 0 Å². The summed E-state index contributed by atoms with van der Waals surface area (Å²) in [5.74, 6) is 0.893. The number of nitrogens with zero attached hydrogens (tertiary/aromatic N) is 2. The zero-order chi connectivity index (χ0) is 25.9. The van der Waals surface area contributed by atoms with Crippen LogP contribution in [-0.4, -0.2) is 23.1 Å². The highest BCUT2D eigenvalue weighted by Gasteiger charge is 2.33. The van der Waals surface area contributed by atoms with E-state index in [-0.39, 0.29) is 24.2 Å². The fourth-order valence-electron chi connectivity index (χ4n) is 4.73. The molecule has 1 unspecified atom stereocenters. The molecule has 7 heteroatoms. The van der Waals surface area contributed by atoms with E-state index in [4.69, 9.17) is 9.26 Å². The van der Waals surface area contributed by atoms with E-state index in [1.165, 1.54) is 0 Å². The van der Waals surface area contributed by atoms with E-state index in [0.717, 1.165) is 22.4 Å². The normalized spacial score (nSPS) is 14.9. The Labute approximate surface area is 216 Å². The number of hydrogen-bond donors (Lipinski definition) is 1. The third-order valence-electron chi connectivity index (χ3n) is 6.74. The number of hydrogen-bond acceptors (Lipinski definition) is 5. The summed E-state index contributed by atoms with van der Waals surface area (Å²) in [6.45, 7) is 5.72. The average Bonchev–Trinajstić information content (AvgIpc) is 3.23. The van der Waals surface area contributed by atoms with E-state index in [1.807, 2.05) is 74.5 Å². The van der Waals surface area contributed by atoms with Crippen LogP contribution < -0.4 is 15.0 Å². The molecule has 0 saturated heterocycles. The lowest BCUT2D eigenvalue weighted by atomic mass is 9.88. The third-order valence-corrected chi connectivity index (χ3v) is 6.74. The Kier molecular flexibility index (Phi) is 6.77. The number of nitrogens with one attached hydrogen (secondary N) is 1. The van der Waals surface area contributed by atoms with Gasteiger partial charge in [-0.1, -0.05) is 65.8 Å². The minimum atomic E-state index is -0.620. The van der Waals surface area contributed by atoms with Crippen LogP contribution in [-0.2, 0) is 16.1 Å². The number of rotatable bonds is 7. The highest BCUT2D eigenvalue weighted by atomic mass is 16.5. The summed E-state index contributed by atoms with van der Waals surface area (Å²) in [5.41, 5.74) is 4.95. The van der Waals surface area contributed by atoms with Crippen molar-refractivity contribution in [3.63, 3.8) is 0 Å². The van der Waals surface area contributed by atoms with Gasteiger partial charge in [0.1, 0.15) is 11.5 Å². The van der Waals surface area contributed by atoms with E-state index in [0.29, 0.717) is 29.4 Å². The lowest BCUT2D eigenvalue weighted by molar-refractivity contribution is -0.125. The van der Waals surface area contributed by atoms with Crippen LogP contribution in [0.5, 0.6) is 5.75 Å². The van der Waals surface area contributed by atoms with Gasteiger partial charge >= 0.3 is 0 Å². The van der Waals surface area contributed by atoms with Gasteiger partial charge in [-0.2, -0.15) is 0 Å². The lowest BCUT2D eigenvalue weighted by Gasteiger charge is -2.33. The van der Waals surface area contributed by atoms with Crippen molar-refractivity contribution in [2.75, 3.05) is 10.2 Å². The molecule has 0 saturated carbocycles. The van der Waals surface area contributed by atoms with Gasteiger partial charge in [-0.05, 0) is 50.1 Å². The van der Waals surface area contributed by atoms with Gasteiger partial charge in [0.15, 0.2) is 6.10 Å². The zero-order valence-corrected chi connectivity index (χ0v) is 21.1. The summed E-state index contributed by atoms with van der Waals surface area (Å²) >= 11 is 0. The Morgan fingerprint density at radius 2 is 1.65 bits per heavy atom. The maximum Gasteiger partial charge on any atom is 0.268 e. The van der Waals surface area contributed by atoms with Gasteiger partial charge in [0.2, 0.25) is 5.91 Å². The number of aryl methyl sites for hydroxylation is 2. The lowest BCUT2D eigenvalue weighted by Crippen LogP contribution is -2.44. The quantitative estimate of drug-likeness (QED) is 0.352. The van der Waals surface area contributed by atoms with Crippen LogP contribution >= 0.6 is 0 Å². The first-order valence-electron chi connectivity index (χ1n) is 12.3. The van der Waals surface area contributed by atoms with Gasteiger partial charge in [-0.15, -0.1) is 0 Å². The summed E-state index contributed by atoms with van der Waals surface area (Å²) < 4.78 is 11.1. The van der Waals surface area contributed by atoms with Gasteiger partial charge in [0, 0.05) is 23.6 Å². The highest BCUT2D eigenvalue weighted by Crippen LogP contribution is 2.38. The predicted octanol–water partition coefficient (Wildman–Crippen LogP) is 5.77. The van der Waals surface area contributed by atoms with Crippen molar-refractivity contribution in [1.29, 1.82) is 0 Å². The molecule has 1 aliphatic rings. The molecular weight excluding hydrogens is 466 g/mol. The highest BCUT2D eigenvalue weighted by molar-refractivity contribution is 6.01. The largest absolute Gasteiger partial charge is 0.479 e. The van der Waals surface area contributed by atoms with Crippen LogP contribution in [0, 0.1) is 13.8 Å². The first-order chi connectivity index (χ1) is 17.9. The van der Waals surface area contributed by atoms with Crippen molar-refractivity contribution < 1.29 is 18.8 Å². The molecule has 2 heterocycles. The maximum atomic E-state index is 13.2. The molecule has 0 aliphatic carbocycles. The molecule has 1 N–H and O–H groups in total. The van der Waals surface area contributed by atoms with Crippen molar-refractivity contribution in [2.24, 2.45) is 0 Å². The smallest absolute Gasteiger partial charge is 0.268 e. The molecule has 188 valence electrons. The summed E-state index contributed by atoms with van der Waals surface area (Å²) in [4.78, 5) is 28.0. The van der Waals surface area contributed by atoms with Crippen molar-refractivity contribution in [3.8, 4) is 5.75 Å². The van der Waals surface area contributed by atoms with Gasteiger partial charge in [0.05, 0.1) is 17.9 Å². The third kappa shape index (κ3) is 5.11. The summed E-state index contributed by atoms with van der Waals surface area (Å²) in [5, 5.41) is 7.04. The molecule has 5 rings (SSSR count). The standard InChI is InChI=1S/C30H29N3O4/c1-19-26(20(2)37-32-19)18-33-27-16-24(14-15-28(27)36-21(3)30(33)35)31-29(34)17-25(22-10-6-4-7-11-22)23-12-8-5-9-13-23/h4-16,21,25H,17-18H2,1-3H3,(H,31,34). The molecule has 4 aromatic rings. The molecule has 1 atom stereocenters. The van der Waals surface area contributed by atoms with Gasteiger partial charge < -0.3 is 19.5 Å². The van der Waals surface area contributed by atoms with E-state index in [2.05, 4.69) is 10.5 Å². The molecule has 37 heavy (non-hydrogen) atoms. The molecule has 0 spiro atoms. The second-order valence-corrected chi connectivity index (χ2v) is 9.30. The Hall–Kier alpha value is -4.39. The first kappa shape index (κ1) is 24.3. The number of carbonyl (C=O) groups is 2. The maximum absolute atomic E-state index is 13.2. The SMILES string of the molecule is Cc1noc(C)c1CN1C(=O)C(C)Oc2ccc(NC(=O)CC(c3ccccc3)c3ccccc3)cc21. The summed E-state index contributed by atoms with van der Waals surface area (Å²) in [6, 6.07) is 25.4. The predicted molar refractivity (Wildman–Crippen MR) is 142 cm³/mol. The Balaban J connectivity index is 1.40. The fourth-order valence-corrected chi connectivity index (χ4v) is 4.73. The van der Waals surface area contributed by atoms with E-state index in [1.54, 1.807) is 30.0 Å². The van der Waals surface area contributed by atoms with Crippen molar-refractivity contribution in [2.45, 2.75) is 45.8 Å². The number of anilines is 2. The second-order valence-electron chi connectivity index (χ2n) is 9.30. The molecule has 3 aromatic carbocycles. The van der Waals surface area contributed by atoms with Crippen LogP contribution in [0.4, 0.5) is 11.4 Å². The Morgan fingerprint density at radius 3 is 2.24 bits per heavy atom. The van der Waals surface area contributed by atoms with Crippen LogP contribution in [0.15, 0.2) is 83.4 Å². The number of ether oxygens (including phenoxy) is 1. The minimum Gasteiger partial charge on any atom is -0.479 e. The number of aromatic nitrogens is 1. The molecule has 7 nitrogen and oxygen atoms in total. The van der Waals surface area contributed by atoms with Crippen LogP contribution in [0.3, 0.4) is 0 Å². The number of fused-ring (bicyclic) bond motifs is 1. The fraction of sp³-hybridized carbons (Fsp3) is 0.233. The van der Waals surface area contributed by atoms with Crippen LogP contribution in [0.1, 0.15) is 47.4 Å². The summed E-state index contributed by atoms with van der Waals surface area (Å²) in [6.07, 6.45) is -0.341. The molecule has 2 amide bonds. The average molecular weight is 496 g/mol. The van der Waals surface area contributed by atoms with E-state index in [9.17, 15) is 9.59 Å². The van der Waals surface area contributed by atoms with Crippen molar-refractivity contribution >= 4 is 23.2 Å².